The highest BCUT2D eigenvalue weighted by Gasteiger charge is 2.18. The van der Waals surface area contributed by atoms with Gasteiger partial charge in [0.2, 0.25) is 0 Å². The summed E-state index contributed by atoms with van der Waals surface area (Å²) < 4.78 is 0. The predicted molar refractivity (Wildman–Crippen MR) is 88.9 cm³/mol. The van der Waals surface area contributed by atoms with Gasteiger partial charge in [0.05, 0.1) is 5.52 Å². The Kier molecular flexibility index (Phi) is 4.08. The Morgan fingerprint density at radius 3 is 2.62 bits per heavy atom. The second kappa shape index (κ2) is 6.00. The van der Waals surface area contributed by atoms with Gasteiger partial charge in [0.15, 0.2) is 0 Å². The lowest BCUT2D eigenvalue weighted by Crippen LogP contribution is -2.45. The van der Waals surface area contributed by atoms with Crippen LogP contribution in [-0.2, 0) is 6.42 Å². The predicted octanol–water partition coefficient (Wildman–Crippen LogP) is 1.80. The van der Waals surface area contributed by atoms with Crippen molar-refractivity contribution in [3.05, 3.63) is 35.4 Å². The first-order valence-corrected chi connectivity index (χ1v) is 7.71. The molecule has 1 fully saturated rings. The Hall–Kier alpha value is -1.65. The number of nitrogens with two attached hydrogens (primary N) is 1. The Labute approximate surface area is 126 Å². The van der Waals surface area contributed by atoms with Crippen molar-refractivity contribution >= 4 is 16.7 Å². The molecule has 112 valence electrons. The van der Waals surface area contributed by atoms with E-state index in [2.05, 4.69) is 48.0 Å². The maximum Gasteiger partial charge on any atom is 0.132 e. The average molecular weight is 284 g/mol. The van der Waals surface area contributed by atoms with E-state index < -0.39 is 0 Å². The van der Waals surface area contributed by atoms with Crippen LogP contribution in [0.3, 0.4) is 0 Å². The molecule has 0 amide bonds. The summed E-state index contributed by atoms with van der Waals surface area (Å²) in [6.45, 7) is 7.05. The van der Waals surface area contributed by atoms with Gasteiger partial charge in [-0.1, -0.05) is 12.1 Å². The SMILES string of the molecule is Cc1ccc2cc(CCN)c(N3CCN(C)CC3)nc2c1. The van der Waals surface area contributed by atoms with Gasteiger partial charge in [-0.2, -0.15) is 0 Å². The molecule has 2 heterocycles. The number of hydrogen-bond acceptors (Lipinski definition) is 4. The zero-order valence-corrected chi connectivity index (χ0v) is 13.0. The minimum atomic E-state index is 0.666. The normalized spacial score (nSPS) is 16.6. The fourth-order valence-electron chi connectivity index (χ4n) is 2.94. The van der Waals surface area contributed by atoms with Crippen molar-refractivity contribution in [2.45, 2.75) is 13.3 Å². The van der Waals surface area contributed by atoms with Crippen LogP contribution in [0, 0.1) is 6.92 Å². The highest BCUT2D eigenvalue weighted by atomic mass is 15.3. The smallest absolute Gasteiger partial charge is 0.132 e. The number of anilines is 1. The van der Waals surface area contributed by atoms with Crippen LogP contribution in [0.4, 0.5) is 5.82 Å². The minimum Gasteiger partial charge on any atom is -0.354 e. The third kappa shape index (κ3) is 3.01. The molecular weight excluding hydrogens is 260 g/mol. The van der Waals surface area contributed by atoms with Gasteiger partial charge in [-0.3, -0.25) is 0 Å². The molecule has 3 rings (SSSR count). The van der Waals surface area contributed by atoms with Gasteiger partial charge in [0.25, 0.3) is 0 Å². The molecule has 2 aromatic rings. The van der Waals surface area contributed by atoms with Crippen LogP contribution in [0.25, 0.3) is 10.9 Å². The minimum absolute atomic E-state index is 0.666. The number of piperazine rings is 1. The third-order valence-corrected chi connectivity index (χ3v) is 4.25. The van der Waals surface area contributed by atoms with Gasteiger partial charge in [0.1, 0.15) is 5.82 Å². The number of pyridine rings is 1. The Balaban J connectivity index is 2.03. The Morgan fingerprint density at radius 2 is 1.90 bits per heavy atom. The van der Waals surface area contributed by atoms with E-state index in [9.17, 15) is 0 Å². The lowest BCUT2D eigenvalue weighted by atomic mass is 10.1. The summed E-state index contributed by atoms with van der Waals surface area (Å²) in [7, 11) is 2.18. The molecule has 0 radical (unpaired) electrons. The molecule has 1 saturated heterocycles. The molecule has 1 aromatic carbocycles. The summed E-state index contributed by atoms with van der Waals surface area (Å²) in [5, 5.41) is 1.21. The molecule has 0 spiro atoms. The van der Waals surface area contributed by atoms with Gasteiger partial charge < -0.3 is 15.5 Å². The molecule has 0 saturated carbocycles. The average Bonchev–Trinajstić information content (AvgIpc) is 2.48. The molecule has 2 N–H and O–H groups in total. The number of rotatable bonds is 3. The van der Waals surface area contributed by atoms with E-state index in [1.54, 1.807) is 0 Å². The van der Waals surface area contributed by atoms with Crippen LogP contribution in [0.1, 0.15) is 11.1 Å². The van der Waals surface area contributed by atoms with Crippen LogP contribution >= 0.6 is 0 Å². The lowest BCUT2D eigenvalue weighted by Gasteiger charge is -2.34. The van der Waals surface area contributed by atoms with Gasteiger partial charge >= 0.3 is 0 Å². The van der Waals surface area contributed by atoms with Gasteiger partial charge in [-0.05, 0) is 50.2 Å². The van der Waals surface area contributed by atoms with Crippen molar-refractivity contribution < 1.29 is 0 Å². The first-order valence-electron chi connectivity index (χ1n) is 7.71. The van der Waals surface area contributed by atoms with Crippen molar-refractivity contribution in [2.75, 3.05) is 44.7 Å². The fourth-order valence-corrected chi connectivity index (χ4v) is 2.94. The molecule has 0 bridgehead atoms. The second-order valence-corrected chi connectivity index (χ2v) is 6.00. The standard InChI is InChI=1S/C17H24N4/c1-13-3-4-14-12-15(5-6-18)17(19-16(14)11-13)21-9-7-20(2)8-10-21/h3-4,11-12H,5-10,18H2,1-2H3. The van der Waals surface area contributed by atoms with Crippen molar-refractivity contribution in [2.24, 2.45) is 5.73 Å². The maximum atomic E-state index is 5.79. The first kappa shape index (κ1) is 14.3. The third-order valence-electron chi connectivity index (χ3n) is 4.25. The zero-order valence-electron chi connectivity index (χ0n) is 13.0. The van der Waals surface area contributed by atoms with Crippen molar-refractivity contribution in [1.82, 2.24) is 9.88 Å². The number of hydrogen-bond donors (Lipinski definition) is 1. The van der Waals surface area contributed by atoms with Gasteiger partial charge in [-0.15, -0.1) is 0 Å². The lowest BCUT2D eigenvalue weighted by molar-refractivity contribution is 0.312. The Bertz CT molecular complexity index is 630. The largest absolute Gasteiger partial charge is 0.354 e. The summed E-state index contributed by atoms with van der Waals surface area (Å²) in [6.07, 6.45) is 0.887. The number of aromatic nitrogens is 1. The van der Waals surface area contributed by atoms with Crippen molar-refractivity contribution in [1.29, 1.82) is 0 Å². The van der Waals surface area contributed by atoms with Gasteiger partial charge in [-0.25, -0.2) is 4.98 Å². The molecule has 4 heteroatoms. The van der Waals surface area contributed by atoms with E-state index in [0.717, 1.165) is 43.9 Å². The van der Waals surface area contributed by atoms with E-state index in [1.807, 2.05) is 0 Å². The molecule has 0 atom stereocenters. The molecule has 1 aromatic heterocycles. The van der Waals surface area contributed by atoms with E-state index in [0.29, 0.717) is 6.54 Å². The molecule has 1 aliphatic heterocycles. The quantitative estimate of drug-likeness (QED) is 0.933. The fraction of sp³-hybridized carbons (Fsp3) is 0.471. The molecule has 0 unspecified atom stereocenters. The summed E-state index contributed by atoms with van der Waals surface area (Å²) in [6, 6.07) is 8.74. The second-order valence-electron chi connectivity index (χ2n) is 6.00. The number of nitrogens with zero attached hydrogens (tertiary/aromatic N) is 3. The van der Waals surface area contributed by atoms with E-state index in [4.69, 9.17) is 10.7 Å². The van der Waals surface area contributed by atoms with Crippen LogP contribution in [0.2, 0.25) is 0 Å². The van der Waals surface area contributed by atoms with E-state index in [1.165, 1.54) is 16.5 Å². The summed E-state index contributed by atoms with van der Waals surface area (Å²) in [4.78, 5) is 9.73. The Morgan fingerprint density at radius 1 is 1.14 bits per heavy atom. The summed E-state index contributed by atoms with van der Waals surface area (Å²) in [5.74, 6) is 1.13. The zero-order chi connectivity index (χ0) is 14.8. The number of benzene rings is 1. The number of likely N-dealkylation sites (N-methyl/N-ethyl adjacent to an activating group) is 1. The maximum absolute atomic E-state index is 5.79. The molecule has 21 heavy (non-hydrogen) atoms. The highest BCUT2D eigenvalue weighted by Crippen LogP contribution is 2.25. The summed E-state index contributed by atoms with van der Waals surface area (Å²) >= 11 is 0. The van der Waals surface area contributed by atoms with Crippen molar-refractivity contribution in [3.63, 3.8) is 0 Å². The molecule has 0 aliphatic carbocycles. The summed E-state index contributed by atoms with van der Waals surface area (Å²) in [5.41, 5.74) is 9.41. The van der Waals surface area contributed by atoms with E-state index in [-0.39, 0.29) is 0 Å². The highest BCUT2D eigenvalue weighted by molar-refractivity contribution is 5.82. The van der Waals surface area contributed by atoms with E-state index >= 15 is 0 Å². The van der Waals surface area contributed by atoms with Crippen molar-refractivity contribution in [3.8, 4) is 0 Å². The monoisotopic (exact) mass is 284 g/mol. The first-order chi connectivity index (χ1) is 10.2. The van der Waals surface area contributed by atoms with Crippen LogP contribution in [0.5, 0.6) is 0 Å². The van der Waals surface area contributed by atoms with Crippen LogP contribution in [0.15, 0.2) is 24.3 Å². The van der Waals surface area contributed by atoms with Gasteiger partial charge in [0, 0.05) is 31.6 Å². The molecular formula is C17H24N4. The number of fused-ring (bicyclic) bond motifs is 1. The molecule has 1 aliphatic rings. The van der Waals surface area contributed by atoms with Crippen LogP contribution < -0.4 is 10.6 Å². The van der Waals surface area contributed by atoms with Crippen LogP contribution in [-0.4, -0.2) is 49.7 Å². The molecule has 4 nitrogen and oxygen atoms in total. The topological polar surface area (TPSA) is 45.4 Å². The number of aryl methyl sites for hydroxylation is 1.